The zero-order valence-corrected chi connectivity index (χ0v) is 16.5. The maximum absolute atomic E-state index is 12.9. The Kier molecular flexibility index (Phi) is 6.58. The second kappa shape index (κ2) is 9.50. The summed E-state index contributed by atoms with van der Waals surface area (Å²) in [5.74, 6) is 0.00887. The monoisotopic (exact) mass is 389 g/mol. The molecule has 1 heterocycles. The van der Waals surface area contributed by atoms with Crippen molar-refractivity contribution < 1.29 is 14.3 Å². The molecular weight excluding hydrogens is 366 g/mol. The number of pyridine rings is 1. The number of hydrogen-bond donors (Lipinski definition) is 1. The topological polar surface area (TPSA) is 71.5 Å². The molecule has 29 heavy (non-hydrogen) atoms. The van der Waals surface area contributed by atoms with E-state index in [1.165, 1.54) is 6.20 Å². The van der Waals surface area contributed by atoms with Crippen LogP contribution in [0.15, 0.2) is 72.9 Å². The number of ether oxygens (including phenoxy) is 1. The van der Waals surface area contributed by atoms with E-state index in [-0.39, 0.29) is 5.91 Å². The number of esters is 1. The Morgan fingerprint density at radius 1 is 0.966 bits per heavy atom. The SMILES string of the molecule is CCOC(=O)c1ccccc1Nc1ccc(C(=O)N(CC)c2ccccc2)cn1. The smallest absolute Gasteiger partial charge is 0.340 e. The molecule has 6 heteroatoms. The van der Waals surface area contributed by atoms with Crippen molar-refractivity contribution in [1.29, 1.82) is 0 Å². The van der Waals surface area contributed by atoms with Gasteiger partial charge in [-0.15, -0.1) is 0 Å². The number of anilines is 3. The van der Waals surface area contributed by atoms with Crippen molar-refractivity contribution in [2.45, 2.75) is 13.8 Å². The maximum Gasteiger partial charge on any atom is 0.340 e. The normalized spacial score (nSPS) is 10.3. The van der Waals surface area contributed by atoms with E-state index in [0.717, 1.165) is 5.69 Å². The van der Waals surface area contributed by atoms with Gasteiger partial charge in [0.05, 0.1) is 23.4 Å². The molecule has 0 saturated heterocycles. The van der Waals surface area contributed by atoms with Crippen LogP contribution in [-0.2, 0) is 4.74 Å². The van der Waals surface area contributed by atoms with Gasteiger partial charge in [-0.3, -0.25) is 4.79 Å². The lowest BCUT2D eigenvalue weighted by Crippen LogP contribution is -2.30. The summed E-state index contributed by atoms with van der Waals surface area (Å²) in [5.41, 5.74) is 2.35. The van der Waals surface area contributed by atoms with E-state index in [4.69, 9.17) is 4.74 Å². The van der Waals surface area contributed by atoms with Gasteiger partial charge in [-0.05, 0) is 50.2 Å². The second-order valence-electron chi connectivity index (χ2n) is 6.21. The molecule has 0 aliphatic carbocycles. The first-order valence-electron chi connectivity index (χ1n) is 9.50. The van der Waals surface area contributed by atoms with Crippen LogP contribution in [0, 0.1) is 0 Å². The van der Waals surface area contributed by atoms with Crippen molar-refractivity contribution in [2.24, 2.45) is 0 Å². The van der Waals surface area contributed by atoms with Gasteiger partial charge in [-0.2, -0.15) is 0 Å². The van der Waals surface area contributed by atoms with Crippen LogP contribution >= 0.6 is 0 Å². The summed E-state index contributed by atoms with van der Waals surface area (Å²) in [7, 11) is 0. The van der Waals surface area contributed by atoms with Crippen molar-refractivity contribution in [2.75, 3.05) is 23.4 Å². The van der Waals surface area contributed by atoms with Crippen LogP contribution in [-0.4, -0.2) is 30.0 Å². The highest BCUT2D eigenvalue weighted by molar-refractivity contribution is 6.06. The van der Waals surface area contributed by atoms with Crippen molar-refractivity contribution in [1.82, 2.24) is 4.98 Å². The number of carbonyl (C=O) groups excluding carboxylic acids is 2. The molecule has 2 aromatic carbocycles. The largest absolute Gasteiger partial charge is 0.462 e. The maximum atomic E-state index is 12.9. The van der Waals surface area contributed by atoms with Gasteiger partial charge < -0.3 is 15.0 Å². The molecule has 1 aromatic heterocycles. The molecule has 0 saturated carbocycles. The molecule has 0 aliphatic rings. The van der Waals surface area contributed by atoms with Gasteiger partial charge in [0.25, 0.3) is 5.91 Å². The molecule has 0 unspecified atom stereocenters. The quantitative estimate of drug-likeness (QED) is 0.595. The lowest BCUT2D eigenvalue weighted by molar-refractivity contribution is 0.0527. The Morgan fingerprint density at radius 3 is 2.34 bits per heavy atom. The Bertz CT molecular complexity index is 972. The van der Waals surface area contributed by atoms with Crippen LogP contribution in [0.3, 0.4) is 0 Å². The van der Waals surface area contributed by atoms with Crippen LogP contribution in [0.2, 0.25) is 0 Å². The van der Waals surface area contributed by atoms with Gasteiger partial charge in [0, 0.05) is 18.4 Å². The molecule has 1 N–H and O–H groups in total. The Balaban J connectivity index is 1.77. The Hall–Kier alpha value is -3.67. The third-order valence-corrected chi connectivity index (χ3v) is 4.32. The fourth-order valence-electron chi connectivity index (χ4n) is 2.92. The van der Waals surface area contributed by atoms with E-state index >= 15 is 0 Å². The first-order valence-corrected chi connectivity index (χ1v) is 9.50. The first-order chi connectivity index (χ1) is 14.1. The van der Waals surface area contributed by atoms with Crippen molar-refractivity contribution in [3.8, 4) is 0 Å². The fraction of sp³-hybridized carbons (Fsp3) is 0.174. The lowest BCUT2D eigenvalue weighted by Gasteiger charge is -2.21. The summed E-state index contributed by atoms with van der Waals surface area (Å²) in [6.07, 6.45) is 1.53. The van der Waals surface area contributed by atoms with E-state index in [2.05, 4.69) is 10.3 Å². The highest BCUT2D eigenvalue weighted by Crippen LogP contribution is 2.22. The number of aromatic nitrogens is 1. The molecule has 0 spiro atoms. The number of amides is 1. The van der Waals surface area contributed by atoms with E-state index in [1.807, 2.05) is 43.3 Å². The summed E-state index contributed by atoms with van der Waals surface area (Å²) in [4.78, 5) is 31.0. The number of hydrogen-bond acceptors (Lipinski definition) is 5. The second-order valence-corrected chi connectivity index (χ2v) is 6.21. The van der Waals surface area contributed by atoms with Gasteiger partial charge in [-0.25, -0.2) is 9.78 Å². The fourth-order valence-corrected chi connectivity index (χ4v) is 2.92. The summed E-state index contributed by atoms with van der Waals surface area (Å²) in [6, 6.07) is 20.0. The van der Waals surface area contributed by atoms with Crippen LogP contribution in [0.5, 0.6) is 0 Å². The molecule has 0 fully saturated rings. The highest BCUT2D eigenvalue weighted by atomic mass is 16.5. The number of carbonyl (C=O) groups is 2. The Labute approximate surface area is 170 Å². The lowest BCUT2D eigenvalue weighted by atomic mass is 10.1. The van der Waals surface area contributed by atoms with E-state index in [1.54, 1.807) is 42.2 Å². The van der Waals surface area contributed by atoms with Gasteiger partial charge in [0.1, 0.15) is 5.82 Å². The zero-order valence-electron chi connectivity index (χ0n) is 16.5. The average molecular weight is 389 g/mol. The van der Waals surface area contributed by atoms with Gasteiger partial charge in [0.2, 0.25) is 0 Å². The third-order valence-electron chi connectivity index (χ3n) is 4.32. The summed E-state index contributed by atoms with van der Waals surface area (Å²) in [6.45, 7) is 4.55. The molecule has 3 rings (SSSR count). The number of nitrogens with zero attached hydrogens (tertiary/aromatic N) is 2. The van der Waals surface area contributed by atoms with E-state index in [9.17, 15) is 9.59 Å². The van der Waals surface area contributed by atoms with Gasteiger partial charge in [0.15, 0.2) is 0 Å². The van der Waals surface area contributed by atoms with Crippen molar-refractivity contribution >= 4 is 29.1 Å². The van der Waals surface area contributed by atoms with Crippen LogP contribution in [0.25, 0.3) is 0 Å². The molecule has 0 radical (unpaired) electrons. The molecule has 3 aromatic rings. The zero-order chi connectivity index (χ0) is 20.6. The predicted octanol–water partition coefficient (Wildman–Crippen LogP) is 4.67. The average Bonchev–Trinajstić information content (AvgIpc) is 2.76. The predicted molar refractivity (Wildman–Crippen MR) is 114 cm³/mol. The van der Waals surface area contributed by atoms with E-state index in [0.29, 0.717) is 35.8 Å². The third kappa shape index (κ3) is 4.79. The molecular formula is C23H23N3O3. The standard InChI is InChI=1S/C23H23N3O3/c1-3-26(18-10-6-5-7-11-18)22(27)17-14-15-21(24-16-17)25-20-13-9-8-12-19(20)23(28)29-4-2/h5-16H,3-4H2,1-2H3,(H,24,25). The number of para-hydroxylation sites is 2. The number of nitrogens with one attached hydrogen (secondary N) is 1. The van der Waals surface area contributed by atoms with Crippen molar-refractivity contribution in [3.05, 3.63) is 84.1 Å². The highest BCUT2D eigenvalue weighted by Gasteiger charge is 2.17. The van der Waals surface area contributed by atoms with Crippen molar-refractivity contribution in [3.63, 3.8) is 0 Å². The molecule has 148 valence electrons. The summed E-state index contributed by atoms with van der Waals surface area (Å²) in [5, 5.41) is 3.12. The van der Waals surface area contributed by atoms with Crippen LogP contribution < -0.4 is 10.2 Å². The molecule has 0 aliphatic heterocycles. The molecule has 0 atom stereocenters. The molecule has 6 nitrogen and oxygen atoms in total. The Morgan fingerprint density at radius 2 is 1.69 bits per heavy atom. The number of benzene rings is 2. The summed E-state index contributed by atoms with van der Waals surface area (Å²) < 4.78 is 5.09. The minimum absolute atomic E-state index is 0.121. The summed E-state index contributed by atoms with van der Waals surface area (Å²) >= 11 is 0. The van der Waals surface area contributed by atoms with Crippen LogP contribution in [0.4, 0.5) is 17.2 Å². The number of rotatable bonds is 7. The van der Waals surface area contributed by atoms with Crippen LogP contribution in [0.1, 0.15) is 34.6 Å². The minimum Gasteiger partial charge on any atom is -0.462 e. The first kappa shape index (κ1) is 20.1. The molecule has 1 amide bonds. The van der Waals surface area contributed by atoms with Gasteiger partial charge >= 0.3 is 5.97 Å². The molecule has 0 bridgehead atoms. The minimum atomic E-state index is -0.399. The van der Waals surface area contributed by atoms with Gasteiger partial charge in [-0.1, -0.05) is 30.3 Å². The van der Waals surface area contributed by atoms with E-state index < -0.39 is 5.97 Å².